The van der Waals surface area contributed by atoms with Crippen molar-refractivity contribution in [2.75, 3.05) is 55.1 Å². The van der Waals surface area contributed by atoms with E-state index in [4.69, 9.17) is 0 Å². The molecule has 0 atom stereocenters. The third kappa shape index (κ3) is 6.67. The minimum Gasteiger partial charge on any atom is -0.367 e. The molecule has 1 heterocycles. The number of benzene rings is 1. The van der Waals surface area contributed by atoms with E-state index < -0.39 is 10.0 Å². The Labute approximate surface area is 169 Å². The number of sulfonamides is 1. The summed E-state index contributed by atoms with van der Waals surface area (Å²) in [6, 6.07) is 5.34. The number of carbonyl (C=O) groups is 1. The zero-order valence-electron chi connectivity index (χ0n) is 17.7. The number of nitrogens with one attached hydrogen (secondary N) is 2. The first-order valence-corrected chi connectivity index (χ1v) is 11.8. The second-order valence-electron chi connectivity index (χ2n) is 8.34. The summed E-state index contributed by atoms with van der Waals surface area (Å²) in [6.07, 6.45) is 1.13. The molecule has 1 aromatic carbocycles. The number of carbonyl (C=O) groups excluding carboxylic acids is 1. The Balaban J connectivity index is 2.37. The van der Waals surface area contributed by atoms with Gasteiger partial charge in [-0.3, -0.25) is 9.52 Å². The van der Waals surface area contributed by atoms with Crippen molar-refractivity contribution in [1.82, 2.24) is 10.2 Å². The van der Waals surface area contributed by atoms with Crippen LogP contribution >= 0.6 is 0 Å². The minimum absolute atomic E-state index is 0.0641. The Morgan fingerprint density at radius 3 is 2.21 bits per heavy atom. The van der Waals surface area contributed by atoms with Gasteiger partial charge >= 0.3 is 0 Å². The van der Waals surface area contributed by atoms with Crippen LogP contribution in [0.2, 0.25) is 0 Å². The lowest BCUT2D eigenvalue weighted by Gasteiger charge is -2.32. The lowest BCUT2D eigenvalue weighted by Crippen LogP contribution is -2.44. The van der Waals surface area contributed by atoms with E-state index in [0.29, 0.717) is 36.2 Å². The molecule has 0 aliphatic carbocycles. The van der Waals surface area contributed by atoms with Gasteiger partial charge in [-0.2, -0.15) is 0 Å². The van der Waals surface area contributed by atoms with E-state index in [1.54, 1.807) is 12.1 Å². The molecule has 2 N–H and O–H groups in total. The highest BCUT2D eigenvalue weighted by Crippen LogP contribution is 2.29. The average Bonchev–Trinajstić information content (AvgIpc) is 2.59. The molecule has 0 radical (unpaired) electrons. The minimum atomic E-state index is -3.46. The van der Waals surface area contributed by atoms with Crippen molar-refractivity contribution in [2.45, 2.75) is 27.7 Å². The molecule has 1 fully saturated rings. The highest BCUT2D eigenvalue weighted by atomic mass is 32.2. The standard InChI is InChI=1S/C20H34N4O3S/c1-15(2)13-24(14-16(3)4)20(25)17-6-7-19(23-10-8-21-9-11-23)18(12-17)22-28(5,26)27/h6-7,12,15-16,21-22H,8-11,13-14H2,1-5H3. The van der Waals surface area contributed by atoms with E-state index in [9.17, 15) is 13.2 Å². The van der Waals surface area contributed by atoms with Crippen LogP contribution in [0, 0.1) is 11.8 Å². The third-order valence-corrected chi connectivity index (χ3v) is 5.05. The van der Waals surface area contributed by atoms with Gasteiger partial charge in [0.15, 0.2) is 0 Å². The average molecular weight is 411 g/mol. The molecule has 0 unspecified atom stereocenters. The van der Waals surface area contributed by atoms with Crippen LogP contribution in [0.25, 0.3) is 0 Å². The van der Waals surface area contributed by atoms with Gasteiger partial charge in [-0.05, 0) is 30.0 Å². The maximum Gasteiger partial charge on any atom is 0.253 e. The molecule has 8 heteroatoms. The number of piperazine rings is 1. The van der Waals surface area contributed by atoms with E-state index in [1.165, 1.54) is 0 Å². The zero-order valence-corrected chi connectivity index (χ0v) is 18.5. The number of rotatable bonds is 8. The predicted molar refractivity (Wildman–Crippen MR) is 116 cm³/mol. The fourth-order valence-corrected chi connectivity index (χ4v) is 4.00. The predicted octanol–water partition coefficient (Wildman–Crippen LogP) is 2.22. The van der Waals surface area contributed by atoms with Gasteiger partial charge in [0.1, 0.15) is 0 Å². The summed E-state index contributed by atoms with van der Waals surface area (Å²) >= 11 is 0. The van der Waals surface area contributed by atoms with E-state index >= 15 is 0 Å². The molecule has 158 valence electrons. The van der Waals surface area contributed by atoms with Gasteiger partial charge < -0.3 is 15.1 Å². The second kappa shape index (κ2) is 9.60. The van der Waals surface area contributed by atoms with Gasteiger partial charge in [-0.1, -0.05) is 27.7 Å². The Bertz CT molecular complexity index is 762. The molecule has 0 spiro atoms. The van der Waals surface area contributed by atoms with Crippen molar-refractivity contribution in [2.24, 2.45) is 11.8 Å². The van der Waals surface area contributed by atoms with E-state index in [2.05, 4.69) is 42.6 Å². The summed E-state index contributed by atoms with van der Waals surface area (Å²) in [4.78, 5) is 17.1. The molecule has 7 nitrogen and oxygen atoms in total. The van der Waals surface area contributed by atoms with Gasteiger partial charge in [-0.15, -0.1) is 0 Å². The topological polar surface area (TPSA) is 81.8 Å². The summed E-state index contributed by atoms with van der Waals surface area (Å²) in [5.74, 6) is 0.652. The Morgan fingerprint density at radius 1 is 1.14 bits per heavy atom. The Hall–Kier alpha value is -1.80. The Kier molecular flexibility index (Phi) is 7.71. The van der Waals surface area contributed by atoms with Crippen molar-refractivity contribution >= 4 is 27.3 Å². The molecule has 0 saturated carbocycles. The monoisotopic (exact) mass is 410 g/mol. The van der Waals surface area contributed by atoms with Crippen LogP contribution in [0.5, 0.6) is 0 Å². The van der Waals surface area contributed by atoms with Crippen molar-refractivity contribution in [1.29, 1.82) is 0 Å². The third-order valence-electron chi connectivity index (χ3n) is 4.45. The number of hydrogen-bond donors (Lipinski definition) is 2. The van der Waals surface area contributed by atoms with Gasteiger partial charge in [0.25, 0.3) is 5.91 Å². The maximum absolute atomic E-state index is 13.1. The number of anilines is 2. The normalized spacial score (nSPS) is 15.2. The highest BCUT2D eigenvalue weighted by Gasteiger charge is 2.22. The van der Waals surface area contributed by atoms with Crippen molar-refractivity contribution < 1.29 is 13.2 Å². The number of amides is 1. The molecular formula is C20H34N4O3S. The zero-order chi connectivity index (χ0) is 20.9. The summed E-state index contributed by atoms with van der Waals surface area (Å²) in [5.41, 5.74) is 1.78. The van der Waals surface area contributed by atoms with Crippen LogP contribution in [0.4, 0.5) is 11.4 Å². The van der Waals surface area contributed by atoms with Crippen LogP contribution < -0.4 is 14.9 Å². The van der Waals surface area contributed by atoms with Gasteiger partial charge in [0, 0.05) is 44.8 Å². The van der Waals surface area contributed by atoms with Crippen LogP contribution in [-0.4, -0.2) is 64.7 Å². The molecule has 0 bridgehead atoms. The fourth-order valence-electron chi connectivity index (χ4n) is 3.44. The molecule has 0 aromatic heterocycles. The van der Waals surface area contributed by atoms with Crippen molar-refractivity contribution in [3.8, 4) is 0 Å². The lowest BCUT2D eigenvalue weighted by molar-refractivity contribution is 0.0715. The second-order valence-corrected chi connectivity index (χ2v) is 10.1. The van der Waals surface area contributed by atoms with Crippen LogP contribution in [0.3, 0.4) is 0 Å². The lowest BCUT2D eigenvalue weighted by atomic mass is 10.1. The molecule has 1 aliphatic heterocycles. The first-order valence-electron chi connectivity index (χ1n) is 9.93. The molecule has 1 aromatic rings. The number of nitrogens with zero attached hydrogens (tertiary/aromatic N) is 2. The van der Waals surface area contributed by atoms with Crippen LogP contribution in [0.1, 0.15) is 38.1 Å². The van der Waals surface area contributed by atoms with Gasteiger partial charge in [0.2, 0.25) is 10.0 Å². The molecule has 1 amide bonds. The van der Waals surface area contributed by atoms with Crippen molar-refractivity contribution in [3.05, 3.63) is 23.8 Å². The Morgan fingerprint density at radius 2 is 1.71 bits per heavy atom. The maximum atomic E-state index is 13.1. The summed E-state index contributed by atoms with van der Waals surface area (Å²) in [6.45, 7) is 13.0. The van der Waals surface area contributed by atoms with Crippen molar-refractivity contribution in [3.63, 3.8) is 0 Å². The van der Waals surface area contributed by atoms with Crippen LogP contribution in [-0.2, 0) is 10.0 Å². The molecule has 1 aliphatic rings. The quantitative estimate of drug-likeness (QED) is 0.687. The van der Waals surface area contributed by atoms with Gasteiger partial charge in [0.05, 0.1) is 17.6 Å². The van der Waals surface area contributed by atoms with E-state index in [-0.39, 0.29) is 5.91 Å². The summed E-state index contributed by atoms with van der Waals surface area (Å²) in [7, 11) is -3.46. The van der Waals surface area contributed by atoms with E-state index in [0.717, 1.165) is 38.1 Å². The highest BCUT2D eigenvalue weighted by molar-refractivity contribution is 7.92. The number of hydrogen-bond acceptors (Lipinski definition) is 5. The van der Waals surface area contributed by atoms with Crippen LogP contribution in [0.15, 0.2) is 18.2 Å². The SMILES string of the molecule is CC(C)CN(CC(C)C)C(=O)c1ccc(N2CCNCC2)c(NS(C)(=O)=O)c1. The smallest absolute Gasteiger partial charge is 0.253 e. The van der Waals surface area contributed by atoms with Gasteiger partial charge in [-0.25, -0.2) is 8.42 Å². The fraction of sp³-hybridized carbons (Fsp3) is 0.650. The molecule has 1 saturated heterocycles. The van der Waals surface area contributed by atoms with E-state index in [1.807, 2.05) is 11.0 Å². The molecule has 28 heavy (non-hydrogen) atoms. The summed E-state index contributed by atoms with van der Waals surface area (Å²) < 4.78 is 26.4. The molecule has 2 rings (SSSR count). The first kappa shape index (κ1) is 22.5. The first-order chi connectivity index (χ1) is 13.1. The largest absolute Gasteiger partial charge is 0.367 e. The summed E-state index contributed by atoms with van der Waals surface area (Å²) in [5, 5.41) is 3.29. The molecular weight excluding hydrogens is 376 g/mol.